The second-order valence-corrected chi connectivity index (χ2v) is 5.74. The molecule has 0 unspecified atom stereocenters. The average Bonchev–Trinajstić information content (AvgIpc) is 3.03. The summed E-state index contributed by atoms with van der Waals surface area (Å²) in [4.78, 5) is 15.7. The van der Waals surface area contributed by atoms with Gasteiger partial charge in [0.15, 0.2) is 5.69 Å². The number of rotatable bonds is 4. The molecule has 7 nitrogen and oxygen atoms in total. The maximum Gasteiger partial charge on any atom is 0.434 e. The molecule has 0 spiro atoms. The fourth-order valence-electron chi connectivity index (χ4n) is 2.61. The van der Waals surface area contributed by atoms with Gasteiger partial charge in [0.1, 0.15) is 5.82 Å². The second-order valence-electron chi connectivity index (χ2n) is 5.74. The van der Waals surface area contributed by atoms with Crippen molar-refractivity contribution in [2.45, 2.75) is 19.1 Å². The van der Waals surface area contributed by atoms with Crippen molar-refractivity contribution in [2.24, 2.45) is 0 Å². The number of amides is 2. The zero-order chi connectivity index (χ0) is 19.6. The van der Waals surface area contributed by atoms with E-state index in [2.05, 4.69) is 25.8 Å². The topological polar surface area (TPSA) is 91.9 Å². The van der Waals surface area contributed by atoms with Gasteiger partial charge in [-0.1, -0.05) is 30.3 Å². The molecule has 0 aliphatic heterocycles. The summed E-state index contributed by atoms with van der Waals surface area (Å²) in [5.41, 5.74) is -0.303. The van der Waals surface area contributed by atoms with Crippen LogP contribution in [0.4, 0.5) is 23.8 Å². The van der Waals surface area contributed by atoms with Crippen molar-refractivity contribution in [1.82, 2.24) is 20.5 Å². The van der Waals surface area contributed by atoms with Crippen LogP contribution in [0.25, 0.3) is 10.9 Å². The number of urea groups is 1. The number of carbonyl (C=O) groups excluding carboxylic acids is 1. The number of ether oxygens (including phenoxy) is 1. The summed E-state index contributed by atoms with van der Waals surface area (Å²) in [6.07, 6.45) is -4.75. The fraction of sp³-hybridized carbons (Fsp3) is 0.235. The molecular formula is C17H16F3N5O2. The average molecular weight is 379 g/mol. The van der Waals surface area contributed by atoms with Gasteiger partial charge in [-0.2, -0.15) is 13.2 Å². The molecule has 3 rings (SSSR count). The van der Waals surface area contributed by atoms with E-state index in [1.165, 1.54) is 13.2 Å². The summed E-state index contributed by atoms with van der Waals surface area (Å²) >= 11 is 0. The van der Waals surface area contributed by atoms with E-state index < -0.39 is 17.9 Å². The van der Waals surface area contributed by atoms with Gasteiger partial charge in [-0.05, 0) is 12.5 Å². The number of carbonyl (C=O) groups is 1. The Kier molecular flexibility index (Phi) is 4.89. The molecule has 142 valence electrons. The molecule has 0 bridgehead atoms. The number of hydrogen-bond donors (Lipinski definition) is 3. The van der Waals surface area contributed by atoms with Crippen molar-refractivity contribution in [2.75, 3.05) is 12.4 Å². The monoisotopic (exact) mass is 379 g/mol. The number of benzene rings is 1. The SMILES string of the molecule is COc1n[nH]c2cc(NC(=O)N[C@H](C)c3ccccc3)nc(C(F)(F)F)c12. The number of H-pyrrole nitrogens is 1. The van der Waals surface area contributed by atoms with E-state index in [9.17, 15) is 18.0 Å². The van der Waals surface area contributed by atoms with Crippen LogP contribution in [-0.4, -0.2) is 28.3 Å². The highest BCUT2D eigenvalue weighted by Gasteiger charge is 2.37. The number of nitrogens with zero attached hydrogens (tertiary/aromatic N) is 2. The van der Waals surface area contributed by atoms with Crippen molar-refractivity contribution in [1.29, 1.82) is 0 Å². The van der Waals surface area contributed by atoms with Gasteiger partial charge in [0.2, 0.25) is 5.88 Å². The molecule has 10 heteroatoms. The highest BCUT2D eigenvalue weighted by Crippen LogP contribution is 2.37. The van der Waals surface area contributed by atoms with Crippen LogP contribution in [0.1, 0.15) is 24.2 Å². The number of methoxy groups -OCH3 is 1. The lowest BCUT2D eigenvalue weighted by atomic mass is 10.1. The lowest BCUT2D eigenvalue weighted by molar-refractivity contribution is -0.139. The van der Waals surface area contributed by atoms with Gasteiger partial charge in [-0.3, -0.25) is 10.4 Å². The highest BCUT2D eigenvalue weighted by atomic mass is 19.4. The molecule has 2 amide bonds. The molecule has 1 atom stereocenters. The standard InChI is InChI=1S/C17H16F3N5O2/c1-9(10-6-4-3-5-7-10)21-16(26)23-12-8-11-13(15(27-2)25-24-11)14(22-12)17(18,19)20/h3-9H,1-2H3,(H,24,25)(H2,21,22,23,26)/t9-/m1/s1. The number of hydrogen-bond acceptors (Lipinski definition) is 4. The van der Waals surface area contributed by atoms with Crippen LogP contribution in [0.2, 0.25) is 0 Å². The molecule has 0 saturated carbocycles. The number of aromatic nitrogens is 3. The third kappa shape index (κ3) is 3.94. The lowest BCUT2D eigenvalue weighted by Gasteiger charge is -2.15. The normalized spacial score (nSPS) is 12.6. The molecule has 1 aromatic carbocycles. The minimum Gasteiger partial charge on any atom is -0.479 e. The number of anilines is 1. The van der Waals surface area contributed by atoms with Crippen LogP contribution in [0.15, 0.2) is 36.4 Å². The predicted molar refractivity (Wildman–Crippen MR) is 92.5 cm³/mol. The second kappa shape index (κ2) is 7.14. The summed E-state index contributed by atoms with van der Waals surface area (Å²) in [7, 11) is 1.21. The summed E-state index contributed by atoms with van der Waals surface area (Å²) in [6.45, 7) is 1.76. The van der Waals surface area contributed by atoms with Crippen LogP contribution < -0.4 is 15.4 Å². The molecule has 3 N–H and O–H groups in total. The van der Waals surface area contributed by atoms with E-state index in [0.29, 0.717) is 0 Å². The molecular weight excluding hydrogens is 363 g/mol. The number of aromatic amines is 1. The summed E-state index contributed by atoms with van der Waals surface area (Å²) < 4.78 is 45.0. The molecule has 2 aromatic heterocycles. The Bertz CT molecular complexity index is 956. The minimum absolute atomic E-state index is 0.0422. The first-order valence-electron chi connectivity index (χ1n) is 7.92. The van der Waals surface area contributed by atoms with Crippen molar-refractivity contribution in [3.8, 4) is 5.88 Å². The first-order chi connectivity index (χ1) is 12.8. The van der Waals surface area contributed by atoms with E-state index >= 15 is 0 Å². The summed E-state index contributed by atoms with van der Waals surface area (Å²) in [5.74, 6) is -0.489. The molecule has 0 aliphatic rings. The molecule has 27 heavy (non-hydrogen) atoms. The summed E-state index contributed by atoms with van der Waals surface area (Å²) in [5, 5.41) is 10.8. The Labute approximate surface area is 151 Å². The van der Waals surface area contributed by atoms with Crippen LogP contribution >= 0.6 is 0 Å². The largest absolute Gasteiger partial charge is 0.479 e. The van der Waals surface area contributed by atoms with E-state index in [1.807, 2.05) is 30.3 Å². The van der Waals surface area contributed by atoms with Gasteiger partial charge in [-0.25, -0.2) is 9.78 Å². The van der Waals surface area contributed by atoms with E-state index in [1.54, 1.807) is 6.92 Å². The third-order valence-electron chi connectivity index (χ3n) is 3.86. The number of alkyl halides is 3. The van der Waals surface area contributed by atoms with Gasteiger partial charge < -0.3 is 10.1 Å². The molecule has 0 aliphatic carbocycles. The first-order valence-corrected chi connectivity index (χ1v) is 7.92. The van der Waals surface area contributed by atoms with Gasteiger partial charge >= 0.3 is 12.2 Å². The molecule has 2 heterocycles. The first kappa shape index (κ1) is 18.5. The number of pyridine rings is 1. The van der Waals surface area contributed by atoms with E-state index in [-0.39, 0.29) is 28.6 Å². The van der Waals surface area contributed by atoms with Crippen molar-refractivity contribution >= 4 is 22.8 Å². The summed E-state index contributed by atoms with van der Waals surface area (Å²) in [6, 6.07) is 9.37. The van der Waals surface area contributed by atoms with Gasteiger partial charge in [0.25, 0.3) is 0 Å². The molecule has 3 aromatic rings. The quantitative estimate of drug-likeness (QED) is 0.642. The molecule has 0 radical (unpaired) electrons. The fourth-order valence-corrected chi connectivity index (χ4v) is 2.61. The lowest BCUT2D eigenvalue weighted by Crippen LogP contribution is -2.31. The molecule has 0 saturated heterocycles. The highest BCUT2D eigenvalue weighted by molar-refractivity contribution is 5.93. The maximum atomic E-state index is 13.4. The van der Waals surface area contributed by atoms with Crippen molar-refractivity contribution in [3.63, 3.8) is 0 Å². The number of nitrogens with one attached hydrogen (secondary N) is 3. The predicted octanol–water partition coefficient (Wildman–Crippen LogP) is 3.87. The van der Waals surface area contributed by atoms with Gasteiger partial charge in [-0.15, -0.1) is 5.10 Å². The Hall–Kier alpha value is -3.30. The number of fused-ring (bicyclic) bond motifs is 1. The number of halogens is 3. The minimum atomic E-state index is -4.75. The smallest absolute Gasteiger partial charge is 0.434 e. The van der Waals surface area contributed by atoms with Crippen LogP contribution in [0.3, 0.4) is 0 Å². The van der Waals surface area contributed by atoms with Gasteiger partial charge in [0.05, 0.1) is 24.1 Å². The zero-order valence-electron chi connectivity index (χ0n) is 14.4. The van der Waals surface area contributed by atoms with Gasteiger partial charge in [0, 0.05) is 6.07 Å². The zero-order valence-corrected chi connectivity index (χ0v) is 14.4. The van der Waals surface area contributed by atoms with E-state index in [0.717, 1.165) is 5.56 Å². The Balaban J connectivity index is 1.85. The van der Waals surface area contributed by atoms with Crippen molar-refractivity contribution < 1.29 is 22.7 Å². The Morgan fingerprint density at radius 3 is 2.59 bits per heavy atom. The van der Waals surface area contributed by atoms with Crippen LogP contribution in [0, 0.1) is 0 Å². The Morgan fingerprint density at radius 1 is 1.26 bits per heavy atom. The molecule has 0 fully saturated rings. The third-order valence-corrected chi connectivity index (χ3v) is 3.86. The van der Waals surface area contributed by atoms with Crippen LogP contribution in [0.5, 0.6) is 5.88 Å². The van der Waals surface area contributed by atoms with Crippen molar-refractivity contribution in [3.05, 3.63) is 47.7 Å². The van der Waals surface area contributed by atoms with Crippen LogP contribution in [-0.2, 0) is 6.18 Å². The van der Waals surface area contributed by atoms with E-state index in [4.69, 9.17) is 4.74 Å². The maximum absolute atomic E-state index is 13.4. The Morgan fingerprint density at radius 2 is 1.96 bits per heavy atom.